The van der Waals surface area contributed by atoms with E-state index in [0.29, 0.717) is 11.4 Å². The van der Waals surface area contributed by atoms with Crippen molar-refractivity contribution in [3.05, 3.63) is 65.6 Å². The van der Waals surface area contributed by atoms with Crippen molar-refractivity contribution in [2.45, 2.75) is 19.1 Å². The first-order valence-corrected chi connectivity index (χ1v) is 9.24. The molecule has 1 unspecified atom stereocenters. The maximum Gasteiger partial charge on any atom is 0.416 e. The Bertz CT molecular complexity index is 1140. The van der Waals surface area contributed by atoms with E-state index in [1.165, 1.54) is 40.2 Å². The Morgan fingerprint density at radius 3 is 2.48 bits per heavy atom. The molecule has 0 bridgehead atoms. The summed E-state index contributed by atoms with van der Waals surface area (Å²) < 4.78 is 40.0. The van der Waals surface area contributed by atoms with Gasteiger partial charge in [-0.3, -0.25) is 14.3 Å². The first-order chi connectivity index (χ1) is 14.6. The molecule has 0 aliphatic carbocycles. The number of fused-ring (bicyclic) bond motifs is 1. The molecular formula is C20H17F3N6O2. The Morgan fingerprint density at radius 2 is 1.87 bits per heavy atom. The summed E-state index contributed by atoms with van der Waals surface area (Å²) in [5, 5.41) is 6.79. The zero-order valence-corrected chi connectivity index (χ0v) is 16.2. The first-order valence-electron chi connectivity index (χ1n) is 9.24. The number of nitrogens with two attached hydrogens (primary N) is 1. The molecule has 0 saturated heterocycles. The minimum Gasteiger partial charge on any atom is -0.384 e. The molecule has 31 heavy (non-hydrogen) atoms. The van der Waals surface area contributed by atoms with Gasteiger partial charge in [0.1, 0.15) is 11.5 Å². The summed E-state index contributed by atoms with van der Waals surface area (Å²) >= 11 is 0. The number of hydrogen-bond donors (Lipinski definition) is 2. The number of aromatic nitrogens is 3. The van der Waals surface area contributed by atoms with Gasteiger partial charge >= 0.3 is 6.18 Å². The molecule has 0 fully saturated rings. The predicted octanol–water partition coefficient (Wildman–Crippen LogP) is 3.35. The van der Waals surface area contributed by atoms with Gasteiger partial charge in [0.2, 0.25) is 0 Å². The molecule has 0 radical (unpaired) electrons. The van der Waals surface area contributed by atoms with E-state index in [1.807, 2.05) is 0 Å². The molecule has 8 nitrogen and oxygen atoms in total. The van der Waals surface area contributed by atoms with Gasteiger partial charge in [0, 0.05) is 12.2 Å². The molecule has 160 valence electrons. The fourth-order valence-electron chi connectivity index (χ4n) is 3.36. The van der Waals surface area contributed by atoms with E-state index in [9.17, 15) is 22.8 Å². The molecule has 2 aromatic heterocycles. The molecule has 11 heteroatoms. The number of nitrogens with zero attached hydrogens (tertiary/aromatic N) is 4. The standard InChI is InChI=1S/C20H17F3N6O2/c1-11-10-28(14-5-2-12(3-6-14)20(21,22)23)19(31)17-15(9-26-29(11)17)18(30)27-13-4-7-16(24)25-8-13/h2-9,11H,10H2,1H3,(H2,24,25)(H,27,30). The van der Waals surface area contributed by atoms with Crippen molar-refractivity contribution in [2.24, 2.45) is 0 Å². The number of benzene rings is 1. The van der Waals surface area contributed by atoms with Crippen molar-refractivity contribution in [1.82, 2.24) is 14.8 Å². The fraction of sp³-hybridized carbons (Fsp3) is 0.200. The number of anilines is 3. The molecule has 3 heterocycles. The van der Waals surface area contributed by atoms with Gasteiger partial charge in [-0.15, -0.1) is 0 Å². The second-order valence-electron chi connectivity index (χ2n) is 7.09. The van der Waals surface area contributed by atoms with Crippen LogP contribution in [0, 0.1) is 0 Å². The highest BCUT2D eigenvalue weighted by atomic mass is 19.4. The monoisotopic (exact) mass is 430 g/mol. The molecule has 0 saturated carbocycles. The zero-order chi connectivity index (χ0) is 22.3. The fourth-order valence-corrected chi connectivity index (χ4v) is 3.36. The Labute approximate surface area is 174 Å². The third-order valence-electron chi connectivity index (χ3n) is 4.90. The molecule has 0 spiro atoms. The maximum absolute atomic E-state index is 13.2. The average Bonchev–Trinajstić information content (AvgIpc) is 3.18. The van der Waals surface area contributed by atoms with E-state index in [0.717, 1.165) is 12.1 Å². The van der Waals surface area contributed by atoms with E-state index < -0.39 is 23.6 Å². The maximum atomic E-state index is 13.2. The van der Waals surface area contributed by atoms with Crippen molar-refractivity contribution in [2.75, 3.05) is 22.5 Å². The number of rotatable bonds is 3. The van der Waals surface area contributed by atoms with E-state index >= 15 is 0 Å². The summed E-state index contributed by atoms with van der Waals surface area (Å²) in [5.41, 5.74) is 5.50. The number of nitrogens with one attached hydrogen (secondary N) is 1. The van der Waals surface area contributed by atoms with Crippen LogP contribution in [-0.4, -0.2) is 33.1 Å². The number of carbonyl (C=O) groups excluding carboxylic acids is 2. The lowest BCUT2D eigenvalue weighted by molar-refractivity contribution is -0.137. The van der Waals surface area contributed by atoms with Crippen LogP contribution in [0.2, 0.25) is 0 Å². The zero-order valence-electron chi connectivity index (χ0n) is 16.2. The topological polar surface area (TPSA) is 106 Å². The number of alkyl halides is 3. The van der Waals surface area contributed by atoms with Crippen LogP contribution in [-0.2, 0) is 6.18 Å². The summed E-state index contributed by atoms with van der Waals surface area (Å²) in [6, 6.07) is 7.09. The van der Waals surface area contributed by atoms with Crippen LogP contribution in [0.4, 0.5) is 30.4 Å². The van der Waals surface area contributed by atoms with Crippen LogP contribution in [0.1, 0.15) is 39.4 Å². The minimum absolute atomic E-state index is 0.0466. The van der Waals surface area contributed by atoms with Crippen molar-refractivity contribution >= 4 is 29.0 Å². The second kappa shape index (κ2) is 7.42. The number of nitrogen functional groups attached to an aromatic ring is 1. The molecule has 3 aromatic rings. The van der Waals surface area contributed by atoms with E-state index in [1.54, 1.807) is 13.0 Å². The predicted molar refractivity (Wildman–Crippen MR) is 107 cm³/mol. The van der Waals surface area contributed by atoms with Gasteiger partial charge in [0.25, 0.3) is 11.8 Å². The van der Waals surface area contributed by atoms with Gasteiger partial charge in [0.05, 0.1) is 35.2 Å². The second-order valence-corrected chi connectivity index (χ2v) is 7.09. The summed E-state index contributed by atoms with van der Waals surface area (Å²) in [4.78, 5) is 31.2. The molecule has 3 N–H and O–H groups in total. The largest absolute Gasteiger partial charge is 0.416 e. The van der Waals surface area contributed by atoms with Gasteiger partial charge in [0.15, 0.2) is 0 Å². The Hall–Kier alpha value is -3.89. The normalized spacial score (nSPS) is 16.2. The van der Waals surface area contributed by atoms with Gasteiger partial charge in [-0.2, -0.15) is 18.3 Å². The van der Waals surface area contributed by atoms with Crippen molar-refractivity contribution in [3.63, 3.8) is 0 Å². The molecule has 1 aliphatic heterocycles. The quantitative estimate of drug-likeness (QED) is 0.663. The Morgan fingerprint density at radius 1 is 1.16 bits per heavy atom. The van der Waals surface area contributed by atoms with Crippen molar-refractivity contribution in [3.8, 4) is 0 Å². The van der Waals surface area contributed by atoms with Gasteiger partial charge < -0.3 is 16.0 Å². The molecule has 1 atom stereocenters. The smallest absolute Gasteiger partial charge is 0.384 e. The highest BCUT2D eigenvalue weighted by Crippen LogP contribution is 2.33. The highest BCUT2D eigenvalue weighted by Gasteiger charge is 2.36. The summed E-state index contributed by atoms with van der Waals surface area (Å²) in [6.45, 7) is 1.99. The van der Waals surface area contributed by atoms with Gasteiger partial charge in [-0.05, 0) is 43.3 Å². The number of pyridine rings is 1. The SMILES string of the molecule is CC1CN(c2ccc(C(F)(F)F)cc2)C(=O)c2c(C(=O)Nc3ccc(N)nc3)cnn21. The number of halogens is 3. The number of hydrogen-bond acceptors (Lipinski definition) is 5. The summed E-state index contributed by atoms with van der Waals surface area (Å²) in [6.07, 6.45) is -1.80. The lowest BCUT2D eigenvalue weighted by Gasteiger charge is -2.32. The highest BCUT2D eigenvalue weighted by molar-refractivity contribution is 6.15. The lowest BCUT2D eigenvalue weighted by atomic mass is 10.1. The van der Waals surface area contributed by atoms with Crippen LogP contribution >= 0.6 is 0 Å². The molecule has 4 rings (SSSR count). The van der Waals surface area contributed by atoms with E-state index in [4.69, 9.17) is 5.73 Å². The van der Waals surface area contributed by atoms with Gasteiger partial charge in [-0.25, -0.2) is 4.98 Å². The average molecular weight is 430 g/mol. The van der Waals surface area contributed by atoms with Crippen LogP contribution < -0.4 is 16.0 Å². The molecular weight excluding hydrogens is 413 g/mol. The van der Waals surface area contributed by atoms with Crippen LogP contribution in [0.25, 0.3) is 0 Å². The van der Waals surface area contributed by atoms with Crippen molar-refractivity contribution < 1.29 is 22.8 Å². The molecule has 2 amide bonds. The van der Waals surface area contributed by atoms with E-state index in [2.05, 4.69) is 15.4 Å². The molecule has 1 aliphatic rings. The number of amides is 2. The Balaban J connectivity index is 1.64. The number of carbonyl (C=O) groups is 2. The Kier molecular flexibility index (Phi) is 4.88. The third kappa shape index (κ3) is 3.81. The molecule has 1 aromatic carbocycles. The summed E-state index contributed by atoms with van der Waals surface area (Å²) in [7, 11) is 0. The van der Waals surface area contributed by atoms with Crippen LogP contribution in [0.5, 0.6) is 0 Å². The first kappa shape index (κ1) is 20.4. The minimum atomic E-state index is -4.47. The van der Waals surface area contributed by atoms with Crippen molar-refractivity contribution in [1.29, 1.82) is 0 Å². The van der Waals surface area contributed by atoms with Crippen LogP contribution in [0.3, 0.4) is 0 Å². The van der Waals surface area contributed by atoms with E-state index in [-0.39, 0.29) is 29.7 Å². The lowest BCUT2D eigenvalue weighted by Crippen LogP contribution is -2.43. The third-order valence-corrected chi connectivity index (χ3v) is 4.90. The summed E-state index contributed by atoms with van der Waals surface area (Å²) in [5.74, 6) is -0.810. The van der Waals surface area contributed by atoms with Gasteiger partial charge in [-0.1, -0.05) is 0 Å². The van der Waals surface area contributed by atoms with Crippen LogP contribution in [0.15, 0.2) is 48.8 Å².